The van der Waals surface area contributed by atoms with E-state index in [1.54, 1.807) is 7.11 Å². The van der Waals surface area contributed by atoms with Crippen molar-refractivity contribution in [2.24, 2.45) is 0 Å². The second-order valence-corrected chi connectivity index (χ2v) is 4.84. The predicted molar refractivity (Wildman–Crippen MR) is 78.0 cm³/mol. The number of ether oxygens (including phenoxy) is 1. The molecule has 0 bridgehead atoms. The molecule has 0 saturated carbocycles. The van der Waals surface area contributed by atoms with Crippen molar-refractivity contribution in [1.29, 1.82) is 0 Å². The quantitative estimate of drug-likeness (QED) is 0.928. The number of para-hydroxylation sites is 1. The number of nitrogens with one attached hydrogen (secondary N) is 1. The molecule has 0 aliphatic heterocycles. The predicted octanol–water partition coefficient (Wildman–Crippen LogP) is 3.77. The van der Waals surface area contributed by atoms with Gasteiger partial charge in [-0.15, -0.1) is 0 Å². The van der Waals surface area contributed by atoms with Gasteiger partial charge in [0.25, 0.3) is 0 Å². The minimum absolute atomic E-state index is 0.108. The minimum atomic E-state index is 0.108. The highest BCUT2D eigenvalue weighted by Crippen LogP contribution is 2.33. The lowest BCUT2D eigenvalue weighted by molar-refractivity contribution is 0.405. The van der Waals surface area contributed by atoms with Crippen LogP contribution in [0.2, 0.25) is 0 Å². The van der Waals surface area contributed by atoms with Gasteiger partial charge in [0, 0.05) is 10.0 Å². The number of hydrogen-bond donors (Lipinski definition) is 1. The van der Waals surface area contributed by atoms with E-state index in [0.717, 1.165) is 15.8 Å². The molecular formula is C15H16BrNO. The van der Waals surface area contributed by atoms with Crippen LogP contribution in [-0.4, -0.2) is 14.2 Å². The number of hydrogen-bond acceptors (Lipinski definition) is 2. The molecule has 3 heteroatoms. The zero-order valence-corrected chi connectivity index (χ0v) is 12.1. The number of rotatable bonds is 4. The van der Waals surface area contributed by atoms with E-state index in [1.807, 2.05) is 37.4 Å². The molecule has 2 rings (SSSR count). The van der Waals surface area contributed by atoms with Gasteiger partial charge in [-0.2, -0.15) is 0 Å². The average Bonchev–Trinajstić information content (AvgIpc) is 2.42. The summed E-state index contributed by atoms with van der Waals surface area (Å²) in [7, 11) is 3.65. The summed E-state index contributed by atoms with van der Waals surface area (Å²) in [6.07, 6.45) is 0. The second-order valence-electron chi connectivity index (χ2n) is 3.99. The van der Waals surface area contributed by atoms with Crippen LogP contribution < -0.4 is 10.1 Å². The van der Waals surface area contributed by atoms with Crippen molar-refractivity contribution < 1.29 is 4.74 Å². The number of benzene rings is 2. The summed E-state index contributed by atoms with van der Waals surface area (Å²) < 4.78 is 6.53. The van der Waals surface area contributed by atoms with E-state index >= 15 is 0 Å². The Hall–Kier alpha value is -1.32. The van der Waals surface area contributed by atoms with E-state index in [0.29, 0.717) is 0 Å². The maximum Gasteiger partial charge on any atom is 0.123 e. The Labute approximate surface area is 116 Å². The van der Waals surface area contributed by atoms with E-state index < -0.39 is 0 Å². The average molecular weight is 306 g/mol. The molecule has 0 heterocycles. The molecule has 0 amide bonds. The summed E-state index contributed by atoms with van der Waals surface area (Å²) >= 11 is 3.60. The first-order chi connectivity index (χ1) is 8.77. The van der Waals surface area contributed by atoms with Gasteiger partial charge in [0.05, 0.1) is 13.2 Å². The molecule has 0 aromatic heterocycles. The zero-order chi connectivity index (χ0) is 13.0. The first-order valence-corrected chi connectivity index (χ1v) is 6.62. The lowest BCUT2D eigenvalue weighted by Gasteiger charge is -2.20. The van der Waals surface area contributed by atoms with Crippen molar-refractivity contribution in [3.8, 4) is 5.75 Å². The van der Waals surface area contributed by atoms with E-state index in [1.165, 1.54) is 5.56 Å². The van der Waals surface area contributed by atoms with E-state index in [9.17, 15) is 0 Å². The summed E-state index contributed by atoms with van der Waals surface area (Å²) in [5.74, 6) is 0.896. The molecule has 1 N–H and O–H groups in total. The molecule has 0 fully saturated rings. The molecule has 2 aromatic carbocycles. The van der Waals surface area contributed by atoms with Crippen LogP contribution in [0.5, 0.6) is 5.75 Å². The third kappa shape index (κ3) is 2.57. The van der Waals surface area contributed by atoms with Crippen LogP contribution >= 0.6 is 15.9 Å². The third-order valence-corrected chi connectivity index (χ3v) is 3.68. The van der Waals surface area contributed by atoms with Gasteiger partial charge in [0.2, 0.25) is 0 Å². The smallest absolute Gasteiger partial charge is 0.123 e. The SMILES string of the molecule is CNC(c1ccccc1Br)c1ccccc1OC. The fraction of sp³-hybridized carbons (Fsp3) is 0.200. The van der Waals surface area contributed by atoms with Crippen LogP contribution in [0.25, 0.3) is 0 Å². The Morgan fingerprint density at radius 1 is 1.00 bits per heavy atom. The zero-order valence-electron chi connectivity index (χ0n) is 10.5. The van der Waals surface area contributed by atoms with Crippen molar-refractivity contribution >= 4 is 15.9 Å². The highest BCUT2D eigenvalue weighted by Gasteiger charge is 2.17. The van der Waals surface area contributed by atoms with E-state index in [-0.39, 0.29) is 6.04 Å². The molecule has 1 unspecified atom stereocenters. The van der Waals surface area contributed by atoms with Gasteiger partial charge >= 0.3 is 0 Å². The minimum Gasteiger partial charge on any atom is -0.496 e. The first-order valence-electron chi connectivity index (χ1n) is 5.82. The standard InChI is InChI=1S/C15H16BrNO/c1-17-15(11-7-3-5-9-13(11)16)12-8-4-6-10-14(12)18-2/h3-10,15,17H,1-2H3. The summed E-state index contributed by atoms with van der Waals surface area (Å²) in [5, 5.41) is 3.34. The van der Waals surface area contributed by atoms with Gasteiger partial charge < -0.3 is 10.1 Å². The highest BCUT2D eigenvalue weighted by atomic mass is 79.9. The highest BCUT2D eigenvalue weighted by molar-refractivity contribution is 9.10. The van der Waals surface area contributed by atoms with E-state index in [2.05, 4.69) is 39.4 Å². The molecule has 94 valence electrons. The molecule has 0 saturated heterocycles. The summed E-state index contributed by atoms with van der Waals surface area (Å²) in [5.41, 5.74) is 2.33. The molecule has 0 spiro atoms. The van der Waals surface area contributed by atoms with Crippen molar-refractivity contribution in [3.63, 3.8) is 0 Å². The molecule has 18 heavy (non-hydrogen) atoms. The van der Waals surface area contributed by atoms with Gasteiger partial charge in [0.1, 0.15) is 5.75 Å². The van der Waals surface area contributed by atoms with Crippen LogP contribution in [0, 0.1) is 0 Å². The Bertz CT molecular complexity index is 527. The fourth-order valence-corrected chi connectivity index (χ4v) is 2.61. The van der Waals surface area contributed by atoms with Gasteiger partial charge in [-0.25, -0.2) is 0 Å². The Kier molecular flexibility index (Phi) is 4.39. The van der Waals surface area contributed by atoms with E-state index in [4.69, 9.17) is 4.74 Å². The Morgan fingerprint density at radius 2 is 1.61 bits per heavy atom. The number of halogens is 1. The molecule has 2 aromatic rings. The normalized spacial score (nSPS) is 12.2. The largest absolute Gasteiger partial charge is 0.496 e. The molecule has 0 radical (unpaired) electrons. The van der Waals surface area contributed by atoms with Crippen molar-refractivity contribution in [2.75, 3.05) is 14.2 Å². The Balaban J connectivity index is 2.49. The Morgan fingerprint density at radius 3 is 2.22 bits per heavy atom. The lowest BCUT2D eigenvalue weighted by atomic mass is 9.98. The van der Waals surface area contributed by atoms with Crippen LogP contribution in [0.4, 0.5) is 0 Å². The maximum absolute atomic E-state index is 5.43. The number of methoxy groups -OCH3 is 1. The molecule has 1 atom stereocenters. The molecule has 0 aliphatic rings. The van der Waals surface area contributed by atoms with Gasteiger partial charge in [0.15, 0.2) is 0 Å². The van der Waals surface area contributed by atoms with Gasteiger partial charge in [-0.3, -0.25) is 0 Å². The van der Waals surface area contributed by atoms with Crippen molar-refractivity contribution in [3.05, 3.63) is 64.1 Å². The van der Waals surface area contributed by atoms with Gasteiger partial charge in [-0.05, 0) is 24.7 Å². The molecule has 2 nitrogen and oxygen atoms in total. The molecule has 0 aliphatic carbocycles. The summed E-state index contributed by atoms with van der Waals surface area (Å²) in [6, 6.07) is 16.4. The van der Waals surface area contributed by atoms with Crippen LogP contribution in [-0.2, 0) is 0 Å². The van der Waals surface area contributed by atoms with Crippen LogP contribution in [0.1, 0.15) is 17.2 Å². The topological polar surface area (TPSA) is 21.3 Å². The summed E-state index contributed by atoms with van der Waals surface area (Å²) in [6.45, 7) is 0. The monoisotopic (exact) mass is 305 g/mol. The third-order valence-electron chi connectivity index (χ3n) is 2.95. The van der Waals surface area contributed by atoms with Crippen LogP contribution in [0.15, 0.2) is 53.0 Å². The summed E-state index contributed by atoms with van der Waals surface area (Å²) in [4.78, 5) is 0. The maximum atomic E-state index is 5.43. The molecular weight excluding hydrogens is 290 g/mol. The van der Waals surface area contributed by atoms with Gasteiger partial charge in [-0.1, -0.05) is 52.3 Å². The lowest BCUT2D eigenvalue weighted by Crippen LogP contribution is -2.18. The second kappa shape index (κ2) is 6.03. The van der Waals surface area contributed by atoms with Crippen molar-refractivity contribution in [1.82, 2.24) is 5.32 Å². The van der Waals surface area contributed by atoms with Crippen molar-refractivity contribution in [2.45, 2.75) is 6.04 Å². The van der Waals surface area contributed by atoms with Crippen LogP contribution in [0.3, 0.4) is 0 Å². The fourth-order valence-electron chi connectivity index (χ4n) is 2.09. The first kappa shape index (κ1) is 13.1.